The first-order valence-corrected chi connectivity index (χ1v) is 9.40. The van der Waals surface area contributed by atoms with Crippen molar-refractivity contribution in [3.05, 3.63) is 0 Å². The van der Waals surface area contributed by atoms with Crippen molar-refractivity contribution in [3.8, 4) is 0 Å². The van der Waals surface area contributed by atoms with Crippen molar-refractivity contribution < 1.29 is 0 Å². The van der Waals surface area contributed by atoms with Crippen molar-refractivity contribution >= 4 is 11.8 Å². The maximum Gasteiger partial charge on any atom is 0.0100 e. The standard InChI is InChI=1S/C17H36S/c1-5-6-7-8-9-10-11-12-13-14-15-16-17(2,3)18-4/h5-16H2,1-4H3. The normalized spacial score (nSPS) is 12.0. The Morgan fingerprint density at radius 3 is 1.44 bits per heavy atom. The lowest BCUT2D eigenvalue weighted by Crippen LogP contribution is -2.13. The number of hydrogen-bond acceptors (Lipinski definition) is 1. The zero-order valence-electron chi connectivity index (χ0n) is 13.4. The lowest BCUT2D eigenvalue weighted by Gasteiger charge is -2.21. The monoisotopic (exact) mass is 272 g/mol. The smallest absolute Gasteiger partial charge is 0.0100 e. The molecule has 0 nitrogen and oxygen atoms in total. The van der Waals surface area contributed by atoms with Crippen molar-refractivity contribution in [2.45, 2.75) is 103 Å². The Bertz CT molecular complexity index is 163. The third kappa shape index (κ3) is 12.8. The molecule has 0 aromatic rings. The van der Waals surface area contributed by atoms with Gasteiger partial charge in [0.15, 0.2) is 0 Å². The van der Waals surface area contributed by atoms with Crippen LogP contribution in [0.3, 0.4) is 0 Å². The SMILES string of the molecule is CCCCCCCCCCCCCC(C)(C)SC. The van der Waals surface area contributed by atoms with Crippen LogP contribution in [0.15, 0.2) is 0 Å². The molecule has 0 atom stereocenters. The Kier molecular flexibility index (Phi) is 12.6. The molecule has 0 heterocycles. The molecule has 0 radical (unpaired) electrons. The highest BCUT2D eigenvalue weighted by atomic mass is 32.2. The fourth-order valence-corrected chi connectivity index (χ4v) is 2.67. The van der Waals surface area contributed by atoms with Crippen LogP contribution in [0.5, 0.6) is 0 Å². The molecule has 18 heavy (non-hydrogen) atoms. The van der Waals surface area contributed by atoms with Gasteiger partial charge in [-0.2, -0.15) is 11.8 Å². The molecule has 110 valence electrons. The summed E-state index contributed by atoms with van der Waals surface area (Å²) in [4.78, 5) is 0. The van der Waals surface area contributed by atoms with Gasteiger partial charge in [-0.25, -0.2) is 0 Å². The van der Waals surface area contributed by atoms with Crippen LogP contribution in [0.4, 0.5) is 0 Å². The molecular formula is C17H36S. The van der Waals surface area contributed by atoms with Gasteiger partial charge in [-0.1, -0.05) is 91.4 Å². The molecule has 0 spiro atoms. The summed E-state index contributed by atoms with van der Waals surface area (Å²) in [5, 5.41) is 0. The van der Waals surface area contributed by atoms with Crippen LogP contribution in [0.25, 0.3) is 0 Å². The molecule has 0 saturated heterocycles. The molecule has 0 aliphatic heterocycles. The van der Waals surface area contributed by atoms with Gasteiger partial charge in [0.05, 0.1) is 0 Å². The Balaban J connectivity index is 3.08. The first-order valence-electron chi connectivity index (χ1n) is 8.17. The summed E-state index contributed by atoms with van der Waals surface area (Å²) in [6.45, 7) is 7.03. The Morgan fingerprint density at radius 2 is 1.06 bits per heavy atom. The van der Waals surface area contributed by atoms with E-state index in [4.69, 9.17) is 0 Å². The molecule has 0 rings (SSSR count). The quantitative estimate of drug-likeness (QED) is 0.331. The molecule has 0 aromatic carbocycles. The second kappa shape index (κ2) is 12.4. The molecule has 0 saturated carbocycles. The van der Waals surface area contributed by atoms with E-state index in [9.17, 15) is 0 Å². The minimum atomic E-state index is 0.499. The molecule has 0 aromatic heterocycles. The van der Waals surface area contributed by atoms with Crippen LogP contribution in [0.2, 0.25) is 0 Å². The van der Waals surface area contributed by atoms with E-state index in [-0.39, 0.29) is 0 Å². The average molecular weight is 273 g/mol. The highest BCUT2D eigenvalue weighted by Gasteiger charge is 2.14. The van der Waals surface area contributed by atoms with Gasteiger partial charge in [0.1, 0.15) is 0 Å². The van der Waals surface area contributed by atoms with Gasteiger partial charge in [-0.15, -0.1) is 0 Å². The summed E-state index contributed by atoms with van der Waals surface area (Å²) in [5.74, 6) is 0. The molecule has 1 heteroatoms. The van der Waals surface area contributed by atoms with E-state index in [1.54, 1.807) is 0 Å². The van der Waals surface area contributed by atoms with Crippen LogP contribution in [0, 0.1) is 0 Å². The lowest BCUT2D eigenvalue weighted by atomic mass is 10.0. The second-order valence-corrected chi connectivity index (χ2v) is 7.76. The Morgan fingerprint density at radius 1 is 0.667 bits per heavy atom. The molecule has 0 bridgehead atoms. The number of hydrogen-bond donors (Lipinski definition) is 0. The first-order chi connectivity index (χ1) is 8.62. The summed E-state index contributed by atoms with van der Waals surface area (Å²) in [6, 6.07) is 0. The van der Waals surface area contributed by atoms with E-state index in [1.807, 2.05) is 11.8 Å². The predicted molar refractivity (Wildman–Crippen MR) is 88.7 cm³/mol. The molecule has 0 aliphatic carbocycles. The predicted octanol–water partition coefficient (Wildman–Crippen LogP) is 6.83. The van der Waals surface area contributed by atoms with Crippen LogP contribution >= 0.6 is 11.8 Å². The molecule has 0 amide bonds. The highest BCUT2D eigenvalue weighted by molar-refractivity contribution is 7.99. The third-order valence-corrected chi connectivity index (χ3v) is 5.24. The third-order valence-electron chi connectivity index (χ3n) is 3.93. The van der Waals surface area contributed by atoms with Gasteiger partial charge in [-0.3, -0.25) is 0 Å². The maximum atomic E-state index is 2.37. The van der Waals surface area contributed by atoms with Crippen LogP contribution in [0.1, 0.15) is 97.8 Å². The fraction of sp³-hybridized carbons (Fsp3) is 1.00. The van der Waals surface area contributed by atoms with Gasteiger partial charge in [-0.05, 0) is 12.7 Å². The zero-order valence-corrected chi connectivity index (χ0v) is 14.2. The van der Waals surface area contributed by atoms with E-state index in [2.05, 4.69) is 27.0 Å². The maximum absolute atomic E-state index is 2.37. The van der Waals surface area contributed by atoms with E-state index < -0.39 is 0 Å². The summed E-state index contributed by atoms with van der Waals surface area (Å²) < 4.78 is 0.499. The minimum absolute atomic E-state index is 0.499. The van der Waals surface area contributed by atoms with E-state index in [0.717, 1.165) is 0 Å². The molecule has 0 aliphatic rings. The van der Waals surface area contributed by atoms with Gasteiger partial charge in [0.25, 0.3) is 0 Å². The number of rotatable bonds is 13. The largest absolute Gasteiger partial charge is 0.159 e. The van der Waals surface area contributed by atoms with Gasteiger partial charge >= 0.3 is 0 Å². The second-order valence-electron chi connectivity index (χ2n) is 6.25. The molecule has 0 fully saturated rings. The van der Waals surface area contributed by atoms with Crippen molar-refractivity contribution in [1.82, 2.24) is 0 Å². The molecular weight excluding hydrogens is 236 g/mol. The summed E-state index contributed by atoms with van der Waals surface area (Å²) in [6.07, 6.45) is 19.5. The van der Waals surface area contributed by atoms with Crippen LogP contribution in [-0.2, 0) is 0 Å². The molecule has 0 N–H and O–H groups in total. The number of unbranched alkanes of at least 4 members (excludes halogenated alkanes) is 10. The Hall–Kier alpha value is 0.350. The highest BCUT2D eigenvalue weighted by Crippen LogP contribution is 2.27. The van der Waals surface area contributed by atoms with Gasteiger partial charge in [0.2, 0.25) is 0 Å². The van der Waals surface area contributed by atoms with Crippen LogP contribution < -0.4 is 0 Å². The van der Waals surface area contributed by atoms with Crippen LogP contribution in [-0.4, -0.2) is 11.0 Å². The zero-order chi connectivity index (χ0) is 13.7. The Labute approximate surface area is 121 Å². The lowest BCUT2D eigenvalue weighted by molar-refractivity contribution is 0.524. The molecule has 0 unspecified atom stereocenters. The average Bonchev–Trinajstić information content (AvgIpc) is 2.36. The van der Waals surface area contributed by atoms with Gasteiger partial charge in [0, 0.05) is 4.75 Å². The number of thioether (sulfide) groups is 1. The van der Waals surface area contributed by atoms with E-state index >= 15 is 0 Å². The van der Waals surface area contributed by atoms with Gasteiger partial charge < -0.3 is 0 Å². The van der Waals surface area contributed by atoms with E-state index in [0.29, 0.717) is 4.75 Å². The summed E-state index contributed by atoms with van der Waals surface area (Å²) in [7, 11) is 0. The topological polar surface area (TPSA) is 0 Å². The van der Waals surface area contributed by atoms with E-state index in [1.165, 1.54) is 77.0 Å². The van der Waals surface area contributed by atoms with Crippen molar-refractivity contribution in [2.24, 2.45) is 0 Å². The summed E-state index contributed by atoms with van der Waals surface area (Å²) >= 11 is 2.01. The van der Waals surface area contributed by atoms with Crippen molar-refractivity contribution in [2.75, 3.05) is 6.26 Å². The minimum Gasteiger partial charge on any atom is -0.159 e. The summed E-state index contributed by atoms with van der Waals surface area (Å²) in [5.41, 5.74) is 0. The van der Waals surface area contributed by atoms with Crippen molar-refractivity contribution in [1.29, 1.82) is 0 Å². The first kappa shape index (κ1) is 18.4. The van der Waals surface area contributed by atoms with Crippen molar-refractivity contribution in [3.63, 3.8) is 0 Å². The fourth-order valence-electron chi connectivity index (χ4n) is 2.32.